The molecule has 2 aromatic carbocycles. The summed E-state index contributed by atoms with van der Waals surface area (Å²) in [6.07, 6.45) is 8.05. The summed E-state index contributed by atoms with van der Waals surface area (Å²) in [6, 6.07) is 13.6. The number of aryl methyl sites for hydroxylation is 1. The molecule has 0 atom stereocenters. The molecule has 1 aliphatic rings. The molecule has 1 fully saturated rings. The minimum atomic E-state index is -0.238. The van der Waals surface area contributed by atoms with Crippen LogP contribution >= 0.6 is 0 Å². The van der Waals surface area contributed by atoms with Crippen molar-refractivity contribution in [2.45, 2.75) is 76.2 Å². The van der Waals surface area contributed by atoms with Crippen molar-refractivity contribution in [1.29, 1.82) is 0 Å². The highest BCUT2D eigenvalue weighted by atomic mass is 19.1. The van der Waals surface area contributed by atoms with Gasteiger partial charge in [-0.05, 0) is 87.4 Å². The van der Waals surface area contributed by atoms with E-state index >= 15 is 0 Å². The largest absolute Gasteiger partial charge is 0.357 e. The molecule has 4 nitrogen and oxygen atoms in total. The Hall–Kier alpha value is -2.63. The standard InChI is InChI=1S/C29H37FN4/c1-3-4-12-28(32)13-15-29(16-14-28,26-19(2)23-18-20(30)9-10-25(23)33-26)27-22(11-17-31)21-7-5-6-8-24(21)34-27/h5-10,18,33-34H,3-4,11-17,31-32H2,1-2H3. The van der Waals surface area contributed by atoms with Gasteiger partial charge >= 0.3 is 0 Å². The smallest absolute Gasteiger partial charge is 0.123 e. The van der Waals surface area contributed by atoms with Gasteiger partial charge in [0.05, 0.1) is 5.41 Å². The summed E-state index contributed by atoms with van der Waals surface area (Å²) in [5, 5.41) is 2.21. The quantitative estimate of drug-likeness (QED) is 0.259. The van der Waals surface area contributed by atoms with Crippen molar-refractivity contribution < 1.29 is 4.39 Å². The Morgan fingerprint density at radius 3 is 2.38 bits per heavy atom. The number of aromatic amines is 2. The third kappa shape index (κ3) is 3.75. The molecule has 5 heteroatoms. The molecule has 0 bridgehead atoms. The van der Waals surface area contributed by atoms with Crippen molar-refractivity contribution in [2.24, 2.45) is 11.5 Å². The molecular weight excluding hydrogens is 423 g/mol. The van der Waals surface area contributed by atoms with Crippen molar-refractivity contribution in [3.8, 4) is 0 Å². The highest BCUT2D eigenvalue weighted by Crippen LogP contribution is 2.51. The van der Waals surface area contributed by atoms with Crippen LogP contribution in [0.4, 0.5) is 4.39 Å². The molecule has 0 saturated heterocycles. The first-order chi connectivity index (χ1) is 16.4. The summed E-state index contributed by atoms with van der Waals surface area (Å²) >= 11 is 0. The van der Waals surface area contributed by atoms with Gasteiger partial charge < -0.3 is 21.4 Å². The van der Waals surface area contributed by atoms with Crippen LogP contribution in [0.2, 0.25) is 0 Å². The van der Waals surface area contributed by atoms with Gasteiger partial charge in [-0.2, -0.15) is 0 Å². The molecule has 34 heavy (non-hydrogen) atoms. The van der Waals surface area contributed by atoms with E-state index in [-0.39, 0.29) is 16.8 Å². The SMILES string of the molecule is CCCCC1(N)CCC(c2[nH]c3ccc(F)cc3c2C)(c2[nH]c3ccccc3c2CCN)CC1. The lowest BCUT2D eigenvalue weighted by atomic mass is 9.62. The molecule has 2 heterocycles. The predicted molar refractivity (Wildman–Crippen MR) is 140 cm³/mol. The van der Waals surface area contributed by atoms with Crippen LogP contribution in [0.1, 0.15) is 74.4 Å². The molecule has 0 unspecified atom stereocenters. The van der Waals surface area contributed by atoms with E-state index in [1.54, 1.807) is 6.07 Å². The topological polar surface area (TPSA) is 83.6 Å². The molecule has 0 aliphatic heterocycles. The Bertz CT molecular complexity index is 1310. The van der Waals surface area contributed by atoms with Gasteiger partial charge in [-0.1, -0.05) is 38.0 Å². The van der Waals surface area contributed by atoms with Crippen LogP contribution in [0, 0.1) is 12.7 Å². The summed E-state index contributed by atoms with van der Waals surface area (Å²) in [6.45, 7) is 4.95. The number of hydrogen-bond acceptors (Lipinski definition) is 2. The lowest BCUT2D eigenvalue weighted by molar-refractivity contribution is 0.205. The summed E-state index contributed by atoms with van der Waals surface area (Å²) < 4.78 is 14.2. The molecule has 4 aromatic rings. The van der Waals surface area contributed by atoms with Crippen LogP contribution in [0.15, 0.2) is 42.5 Å². The molecule has 0 radical (unpaired) electrons. The highest BCUT2D eigenvalue weighted by Gasteiger charge is 2.46. The molecule has 2 aromatic heterocycles. The van der Waals surface area contributed by atoms with E-state index in [9.17, 15) is 4.39 Å². The van der Waals surface area contributed by atoms with Gasteiger partial charge in [0.2, 0.25) is 0 Å². The molecule has 5 rings (SSSR count). The van der Waals surface area contributed by atoms with Gasteiger partial charge in [0.1, 0.15) is 5.82 Å². The Balaban J connectivity index is 1.71. The number of unbranched alkanes of at least 4 members (excludes halogenated alkanes) is 1. The van der Waals surface area contributed by atoms with Crippen LogP contribution in [0.3, 0.4) is 0 Å². The number of fused-ring (bicyclic) bond motifs is 2. The number of hydrogen-bond donors (Lipinski definition) is 4. The van der Waals surface area contributed by atoms with Gasteiger partial charge in [0.15, 0.2) is 0 Å². The maximum atomic E-state index is 14.2. The Morgan fingerprint density at radius 2 is 1.65 bits per heavy atom. The zero-order chi connectivity index (χ0) is 23.9. The van der Waals surface area contributed by atoms with Crippen LogP contribution < -0.4 is 11.5 Å². The summed E-state index contributed by atoms with van der Waals surface area (Å²) in [7, 11) is 0. The summed E-state index contributed by atoms with van der Waals surface area (Å²) in [5.41, 5.74) is 19.7. The Kier molecular flexibility index (Phi) is 6.03. The minimum absolute atomic E-state index is 0.119. The van der Waals surface area contributed by atoms with Crippen LogP contribution in [-0.4, -0.2) is 22.1 Å². The van der Waals surface area contributed by atoms with E-state index in [0.29, 0.717) is 6.54 Å². The molecule has 180 valence electrons. The zero-order valence-corrected chi connectivity index (χ0v) is 20.4. The molecule has 6 N–H and O–H groups in total. The fourth-order valence-electron chi connectivity index (χ4n) is 6.37. The van der Waals surface area contributed by atoms with Crippen LogP contribution in [0.5, 0.6) is 0 Å². The van der Waals surface area contributed by atoms with Crippen molar-refractivity contribution in [3.05, 3.63) is 70.8 Å². The molecule has 0 spiro atoms. The molecule has 1 aliphatic carbocycles. The maximum absolute atomic E-state index is 14.2. The highest BCUT2D eigenvalue weighted by molar-refractivity contribution is 5.87. The van der Waals surface area contributed by atoms with E-state index in [1.165, 1.54) is 41.2 Å². The lowest BCUT2D eigenvalue weighted by Crippen LogP contribution is -2.48. The second kappa shape index (κ2) is 8.86. The Labute approximate surface area is 201 Å². The molecule has 1 saturated carbocycles. The minimum Gasteiger partial charge on any atom is -0.357 e. The van der Waals surface area contributed by atoms with Crippen LogP contribution in [-0.2, 0) is 11.8 Å². The van der Waals surface area contributed by atoms with E-state index in [4.69, 9.17) is 11.5 Å². The van der Waals surface area contributed by atoms with Gasteiger partial charge in [-0.25, -0.2) is 4.39 Å². The third-order valence-corrected chi connectivity index (χ3v) is 8.31. The summed E-state index contributed by atoms with van der Waals surface area (Å²) in [4.78, 5) is 7.55. The van der Waals surface area contributed by atoms with Crippen LogP contribution in [0.25, 0.3) is 21.8 Å². The van der Waals surface area contributed by atoms with Crippen molar-refractivity contribution in [3.63, 3.8) is 0 Å². The molecular formula is C29H37FN4. The van der Waals surface area contributed by atoms with Crippen molar-refractivity contribution in [1.82, 2.24) is 9.97 Å². The Morgan fingerprint density at radius 1 is 0.941 bits per heavy atom. The first kappa shape index (κ1) is 23.1. The zero-order valence-electron chi connectivity index (χ0n) is 20.4. The number of para-hydroxylation sites is 1. The second-order valence-electron chi connectivity index (χ2n) is 10.4. The normalized spacial score (nSPS) is 23.2. The number of halogens is 1. The first-order valence-corrected chi connectivity index (χ1v) is 12.8. The van der Waals surface area contributed by atoms with E-state index in [2.05, 4.69) is 48.1 Å². The van der Waals surface area contributed by atoms with E-state index < -0.39 is 0 Å². The number of benzene rings is 2. The number of nitrogens with two attached hydrogens (primary N) is 2. The van der Waals surface area contributed by atoms with Gasteiger partial charge in [-0.15, -0.1) is 0 Å². The predicted octanol–water partition coefficient (Wildman–Crippen LogP) is 6.35. The first-order valence-electron chi connectivity index (χ1n) is 12.8. The second-order valence-corrected chi connectivity index (χ2v) is 10.4. The fraction of sp³-hybridized carbons (Fsp3) is 0.448. The van der Waals surface area contributed by atoms with Gasteiger partial charge in [0, 0.05) is 38.7 Å². The number of rotatable bonds is 7. The van der Waals surface area contributed by atoms with E-state index in [1.807, 2.05) is 6.07 Å². The maximum Gasteiger partial charge on any atom is 0.123 e. The van der Waals surface area contributed by atoms with Crippen molar-refractivity contribution in [2.75, 3.05) is 6.54 Å². The monoisotopic (exact) mass is 460 g/mol. The van der Waals surface area contributed by atoms with Gasteiger partial charge in [-0.3, -0.25) is 0 Å². The number of nitrogens with one attached hydrogen (secondary N) is 2. The third-order valence-electron chi connectivity index (χ3n) is 8.31. The summed E-state index contributed by atoms with van der Waals surface area (Å²) in [5.74, 6) is -0.200. The van der Waals surface area contributed by atoms with Crippen molar-refractivity contribution >= 4 is 21.8 Å². The lowest BCUT2D eigenvalue weighted by Gasteiger charge is -2.45. The number of aromatic nitrogens is 2. The van der Waals surface area contributed by atoms with E-state index in [0.717, 1.165) is 60.5 Å². The number of H-pyrrole nitrogens is 2. The average Bonchev–Trinajstić information content (AvgIpc) is 3.38. The fourth-order valence-corrected chi connectivity index (χ4v) is 6.37. The average molecular weight is 461 g/mol. The molecule has 0 amide bonds. The van der Waals surface area contributed by atoms with Gasteiger partial charge in [0.25, 0.3) is 0 Å².